The zero-order valence-corrected chi connectivity index (χ0v) is 17.7. The number of fused-ring (bicyclic) bond motifs is 1. The lowest BCUT2D eigenvalue weighted by Crippen LogP contribution is -2.48. The molecule has 0 radical (unpaired) electrons. The maximum atomic E-state index is 13.2. The second kappa shape index (κ2) is 8.65. The lowest BCUT2D eigenvalue weighted by Gasteiger charge is -2.34. The van der Waals surface area contributed by atoms with E-state index in [1.54, 1.807) is 30.3 Å². The van der Waals surface area contributed by atoms with Crippen molar-refractivity contribution in [1.82, 2.24) is 9.80 Å². The Hall–Kier alpha value is -2.58. The Morgan fingerprint density at radius 2 is 1.77 bits per heavy atom. The number of hydrogen-bond acceptors (Lipinski definition) is 4. The minimum Gasteiger partial charge on any atom is -0.336 e. The van der Waals surface area contributed by atoms with E-state index < -0.39 is 10.8 Å². The molecule has 2 aromatic carbocycles. The quantitative estimate of drug-likeness (QED) is 0.748. The fraction of sp³-hybridized carbons (Fsp3) is 0.364. The standard InChI is InChI=1S/C22H24FN3O3S/c1-2-24-9-11-25(12-10-24)22(28)17-5-8-20-19(13-17)26(21(27)15-30(20)29)14-16-3-6-18(23)7-4-16/h3-8,13H,2,9-12,14-15H2,1H3/t30-/m0/s1. The normalized spacial score (nSPS) is 19.7. The highest BCUT2D eigenvalue weighted by molar-refractivity contribution is 7.86. The molecular weight excluding hydrogens is 405 g/mol. The van der Waals surface area contributed by atoms with Crippen LogP contribution in [0.15, 0.2) is 47.4 Å². The number of piperazine rings is 1. The molecule has 2 heterocycles. The van der Waals surface area contributed by atoms with Gasteiger partial charge in [-0.15, -0.1) is 0 Å². The second-order valence-corrected chi connectivity index (χ2v) is 8.92. The van der Waals surface area contributed by atoms with Crippen molar-refractivity contribution in [3.8, 4) is 0 Å². The SMILES string of the molecule is CCN1CCN(C(=O)c2ccc3c(c2)N(Cc2ccc(F)cc2)C(=O)C[S@@]3=O)CC1. The highest BCUT2D eigenvalue weighted by Gasteiger charge is 2.31. The van der Waals surface area contributed by atoms with Gasteiger partial charge in [0.15, 0.2) is 0 Å². The molecule has 2 aliphatic rings. The molecule has 0 N–H and O–H groups in total. The molecule has 1 fully saturated rings. The van der Waals surface area contributed by atoms with Gasteiger partial charge in [0.2, 0.25) is 5.91 Å². The Kier molecular flexibility index (Phi) is 5.97. The number of likely N-dealkylation sites (N-methyl/N-ethyl adjacent to an activating group) is 1. The zero-order valence-electron chi connectivity index (χ0n) is 16.8. The highest BCUT2D eigenvalue weighted by atomic mass is 32.2. The smallest absolute Gasteiger partial charge is 0.254 e. The largest absolute Gasteiger partial charge is 0.336 e. The van der Waals surface area contributed by atoms with Crippen molar-refractivity contribution in [2.75, 3.05) is 43.4 Å². The van der Waals surface area contributed by atoms with Crippen molar-refractivity contribution in [3.63, 3.8) is 0 Å². The van der Waals surface area contributed by atoms with Gasteiger partial charge in [0.05, 0.1) is 27.9 Å². The van der Waals surface area contributed by atoms with Gasteiger partial charge < -0.3 is 14.7 Å². The van der Waals surface area contributed by atoms with Crippen molar-refractivity contribution < 1.29 is 18.2 Å². The summed E-state index contributed by atoms with van der Waals surface area (Å²) in [7, 11) is -1.44. The zero-order chi connectivity index (χ0) is 21.3. The average Bonchev–Trinajstić information content (AvgIpc) is 2.77. The maximum absolute atomic E-state index is 13.2. The van der Waals surface area contributed by atoms with Crippen LogP contribution in [0.25, 0.3) is 0 Å². The number of carbonyl (C=O) groups is 2. The molecule has 2 amide bonds. The third-order valence-electron chi connectivity index (χ3n) is 5.66. The van der Waals surface area contributed by atoms with Crippen molar-refractivity contribution in [2.45, 2.75) is 18.4 Å². The molecule has 0 saturated carbocycles. The van der Waals surface area contributed by atoms with Gasteiger partial charge in [0, 0.05) is 31.7 Å². The summed E-state index contributed by atoms with van der Waals surface area (Å²) in [5.74, 6) is -0.799. The van der Waals surface area contributed by atoms with Gasteiger partial charge in [0.1, 0.15) is 11.6 Å². The molecule has 0 bridgehead atoms. The van der Waals surface area contributed by atoms with Gasteiger partial charge >= 0.3 is 0 Å². The van der Waals surface area contributed by atoms with Crippen LogP contribution in [0.2, 0.25) is 0 Å². The van der Waals surface area contributed by atoms with Gasteiger partial charge in [-0.1, -0.05) is 19.1 Å². The maximum Gasteiger partial charge on any atom is 0.254 e. The first-order chi connectivity index (χ1) is 14.5. The van der Waals surface area contributed by atoms with Crippen LogP contribution in [0.5, 0.6) is 0 Å². The number of amides is 2. The summed E-state index contributed by atoms with van der Waals surface area (Å²) in [6.45, 7) is 6.30. The fourth-order valence-corrected chi connectivity index (χ4v) is 5.01. The number of anilines is 1. The minimum absolute atomic E-state index is 0.0842. The van der Waals surface area contributed by atoms with E-state index in [0.29, 0.717) is 29.2 Å². The first-order valence-corrected chi connectivity index (χ1v) is 11.4. The Balaban J connectivity index is 1.61. The molecule has 30 heavy (non-hydrogen) atoms. The molecule has 8 heteroatoms. The summed E-state index contributed by atoms with van der Waals surface area (Å²) < 4.78 is 25.7. The van der Waals surface area contributed by atoms with Gasteiger partial charge in [0.25, 0.3) is 5.91 Å². The molecule has 1 atom stereocenters. The Morgan fingerprint density at radius 3 is 2.43 bits per heavy atom. The van der Waals surface area contributed by atoms with E-state index in [0.717, 1.165) is 25.2 Å². The number of halogens is 1. The van der Waals surface area contributed by atoms with E-state index in [-0.39, 0.29) is 29.9 Å². The molecule has 0 spiro atoms. The third kappa shape index (κ3) is 4.15. The topological polar surface area (TPSA) is 60.9 Å². The number of carbonyl (C=O) groups excluding carboxylic acids is 2. The van der Waals surface area contributed by atoms with E-state index in [2.05, 4.69) is 11.8 Å². The summed E-state index contributed by atoms with van der Waals surface area (Å²) in [4.78, 5) is 31.9. The van der Waals surface area contributed by atoms with Gasteiger partial charge in [-0.25, -0.2) is 4.39 Å². The van der Waals surface area contributed by atoms with Crippen molar-refractivity contribution >= 4 is 28.3 Å². The Labute approximate surface area is 177 Å². The Morgan fingerprint density at radius 1 is 1.07 bits per heavy atom. The van der Waals surface area contributed by atoms with Gasteiger partial charge in [-0.2, -0.15) is 0 Å². The van der Waals surface area contributed by atoms with E-state index in [1.807, 2.05) is 4.90 Å². The molecule has 0 unspecified atom stereocenters. The van der Waals surface area contributed by atoms with E-state index in [1.165, 1.54) is 17.0 Å². The third-order valence-corrected chi connectivity index (χ3v) is 7.00. The van der Waals surface area contributed by atoms with Crippen LogP contribution in [-0.4, -0.2) is 64.3 Å². The minimum atomic E-state index is -1.44. The molecule has 0 aromatic heterocycles. The average molecular weight is 430 g/mol. The van der Waals surface area contributed by atoms with Crippen LogP contribution in [0.4, 0.5) is 10.1 Å². The number of benzene rings is 2. The van der Waals surface area contributed by atoms with Crippen LogP contribution >= 0.6 is 0 Å². The Bertz CT molecular complexity index is 988. The highest BCUT2D eigenvalue weighted by Crippen LogP contribution is 2.32. The predicted molar refractivity (Wildman–Crippen MR) is 113 cm³/mol. The lowest BCUT2D eigenvalue weighted by molar-refractivity contribution is -0.116. The van der Waals surface area contributed by atoms with Gasteiger partial charge in [-0.05, 0) is 42.4 Å². The van der Waals surface area contributed by atoms with Gasteiger partial charge in [-0.3, -0.25) is 13.8 Å². The van der Waals surface area contributed by atoms with E-state index >= 15 is 0 Å². The monoisotopic (exact) mass is 429 g/mol. The van der Waals surface area contributed by atoms with Crippen LogP contribution in [0, 0.1) is 5.82 Å². The molecular formula is C22H24FN3O3S. The molecule has 158 valence electrons. The second-order valence-electron chi connectivity index (χ2n) is 7.51. The first-order valence-electron chi connectivity index (χ1n) is 10.0. The summed E-state index contributed by atoms with van der Waals surface area (Å²) in [5, 5.41) is 0. The first kappa shape index (κ1) is 20.7. The van der Waals surface area contributed by atoms with Crippen LogP contribution in [0.1, 0.15) is 22.8 Å². The van der Waals surface area contributed by atoms with Crippen molar-refractivity contribution in [1.29, 1.82) is 0 Å². The molecule has 6 nitrogen and oxygen atoms in total. The summed E-state index contributed by atoms with van der Waals surface area (Å²) in [5.41, 5.74) is 1.73. The van der Waals surface area contributed by atoms with E-state index in [4.69, 9.17) is 0 Å². The molecule has 2 aliphatic heterocycles. The van der Waals surface area contributed by atoms with E-state index in [9.17, 15) is 18.2 Å². The molecule has 4 rings (SSSR count). The van der Waals surface area contributed by atoms with Crippen LogP contribution in [-0.2, 0) is 22.1 Å². The van der Waals surface area contributed by atoms with Crippen molar-refractivity contribution in [2.24, 2.45) is 0 Å². The summed E-state index contributed by atoms with van der Waals surface area (Å²) >= 11 is 0. The number of rotatable bonds is 4. The fourth-order valence-electron chi connectivity index (χ4n) is 3.85. The number of nitrogens with zero attached hydrogens (tertiary/aromatic N) is 3. The molecule has 2 aromatic rings. The predicted octanol–water partition coefficient (Wildman–Crippen LogP) is 2.26. The van der Waals surface area contributed by atoms with Crippen molar-refractivity contribution in [3.05, 3.63) is 59.4 Å². The lowest BCUT2D eigenvalue weighted by atomic mass is 10.1. The molecule has 1 saturated heterocycles. The van der Waals surface area contributed by atoms with Crippen LogP contribution in [0.3, 0.4) is 0 Å². The molecule has 0 aliphatic carbocycles. The van der Waals surface area contributed by atoms with Crippen LogP contribution < -0.4 is 4.90 Å². The number of hydrogen-bond donors (Lipinski definition) is 0. The summed E-state index contributed by atoms with van der Waals surface area (Å²) in [6.07, 6.45) is 0. The summed E-state index contributed by atoms with van der Waals surface area (Å²) in [6, 6.07) is 11.0.